The van der Waals surface area contributed by atoms with Crippen LogP contribution >= 0.6 is 23.2 Å². The van der Waals surface area contributed by atoms with Crippen molar-refractivity contribution in [3.05, 3.63) is 57.8 Å². The Morgan fingerprint density at radius 2 is 1.91 bits per heavy atom. The maximum Gasteiger partial charge on any atom is 0.355 e. The normalized spacial score (nSPS) is 11.8. The first-order valence-corrected chi connectivity index (χ1v) is 7.28. The summed E-state index contributed by atoms with van der Waals surface area (Å²) in [4.78, 5) is 26.3. The molecule has 0 fully saturated rings. The summed E-state index contributed by atoms with van der Waals surface area (Å²) in [6, 6.07) is 8.52. The molecular formula is C15H14Cl2N2O3. The van der Waals surface area contributed by atoms with Gasteiger partial charge in [-0.05, 0) is 30.7 Å². The third-order valence-corrected chi connectivity index (χ3v) is 3.37. The standard InChI is InChI=1S/C15H14Cl2N2O3/c1-9(22-15(21)13-6-12(17)8-18-13)14(20)19-7-10-2-4-11(16)5-3-10/h2-6,8-9,18H,7H2,1H3,(H,19,20). The predicted molar refractivity (Wildman–Crippen MR) is 84.0 cm³/mol. The zero-order chi connectivity index (χ0) is 16.1. The molecule has 0 bridgehead atoms. The van der Waals surface area contributed by atoms with Gasteiger partial charge in [-0.3, -0.25) is 4.79 Å². The van der Waals surface area contributed by atoms with Crippen LogP contribution in [0.4, 0.5) is 0 Å². The largest absolute Gasteiger partial charge is 0.448 e. The first-order chi connectivity index (χ1) is 10.5. The molecule has 1 atom stereocenters. The van der Waals surface area contributed by atoms with Gasteiger partial charge in [0.2, 0.25) is 0 Å². The summed E-state index contributed by atoms with van der Waals surface area (Å²) in [5.41, 5.74) is 1.09. The third kappa shape index (κ3) is 4.51. The lowest BCUT2D eigenvalue weighted by Gasteiger charge is -2.13. The van der Waals surface area contributed by atoms with Gasteiger partial charge < -0.3 is 15.0 Å². The Hall–Kier alpha value is -1.98. The van der Waals surface area contributed by atoms with Crippen LogP contribution in [0.2, 0.25) is 10.0 Å². The molecule has 2 rings (SSSR count). The number of esters is 1. The molecular weight excluding hydrogens is 327 g/mol. The van der Waals surface area contributed by atoms with Gasteiger partial charge in [0.15, 0.2) is 6.10 Å². The minimum absolute atomic E-state index is 0.197. The van der Waals surface area contributed by atoms with E-state index in [-0.39, 0.29) is 11.6 Å². The van der Waals surface area contributed by atoms with Gasteiger partial charge in [0.25, 0.3) is 5.91 Å². The average Bonchev–Trinajstić information content (AvgIpc) is 2.93. The highest BCUT2D eigenvalue weighted by Gasteiger charge is 2.19. The van der Waals surface area contributed by atoms with Crippen molar-refractivity contribution < 1.29 is 14.3 Å². The van der Waals surface area contributed by atoms with Crippen molar-refractivity contribution in [1.29, 1.82) is 0 Å². The van der Waals surface area contributed by atoms with Gasteiger partial charge in [-0.15, -0.1) is 0 Å². The number of hydrogen-bond acceptors (Lipinski definition) is 3. The molecule has 0 spiro atoms. The number of carbonyl (C=O) groups excluding carboxylic acids is 2. The molecule has 5 nitrogen and oxygen atoms in total. The second-order valence-electron chi connectivity index (χ2n) is 4.62. The molecule has 7 heteroatoms. The zero-order valence-corrected chi connectivity index (χ0v) is 13.2. The van der Waals surface area contributed by atoms with E-state index >= 15 is 0 Å². The van der Waals surface area contributed by atoms with Crippen LogP contribution in [0, 0.1) is 0 Å². The van der Waals surface area contributed by atoms with E-state index < -0.39 is 12.1 Å². The summed E-state index contributed by atoms with van der Waals surface area (Å²) >= 11 is 11.5. The average molecular weight is 341 g/mol. The van der Waals surface area contributed by atoms with Crippen molar-refractivity contribution in [3.63, 3.8) is 0 Å². The minimum Gasteiger partial charge on any atom is -0.448 e. The number of H-pyrrole nitrogens is 1. The summed E-state index contributed by atoms with van der Waals surface area (Å²) < 4.78 is 5.06. The fourth-order valence-electron chi connectivity index (χ4n) is 1.70. The molecule has 0 aliphatic heterocycles. The molecule has 1 unspecified atom stereocenters. The molecule has 1 aromatic heterocycles. The van der Waals surface area contributed by atoms with Crippen LogP contribution in [-0.4, -0.2) is 23.0 Å². The number of aromatic nitrogens is 1. The van der Waals surface area contributed by atoms with Crippen LogP contribution in [0.15, 0.2) is 36.5 Å². The quantitative estimate of drug-likeness (QED) is 0.821. The lowest BCUT2D eigenvalue weighted by Crippen LogP contribution is -2.35. The van der Waals surface area contributed by atoms with E-state index in [0.29, 0.717) is 16.6 Å². The van der Waals surface area contributed by atoms with Crippen molar-refractivity contribution in [2.75, 3.05) is 0 Å². The lowest BCUT2D eigenvalue weighted by molar-refractivity contribution is -0.129. The lowest BCUT2D eigenvalue weighted by atomic mass is 10.2. The third-order valence-electron chi connectivity index (χ3n) is 2.90. The molecule has 0 aliphatic carbocycles. The highest BCUT2D eigenvalue weighted by atomic mass is 35.5. The molecule has 0 radical (unpaired) electrons. The van der Waals surface area contributed by atoms with Crippen LogP contribution in [0.25, 0.3) is 0 Å². The van der Waals surface area contributed by atoms with Gasteiger partial charge in [-0.25, -0.2) is 4.79 Å². The van der Waals surface area contributed by atoms with E-state index in [0.717, 1.165) is 5.56 Å². The second-order valence-corrected chi connectivity index (χ2v) is 5.50. The summed E-state index contributed by atoms with van der Waals surface area (Å²) in [7, 11) is 0. The smallest absolute Gasteiger partial charge is 0.355 e. The zero-order valence-electron chi connectivity index (χ0n) is 11.7. The van der Waals surface area contributed by atoms with E-state index in [4.69, 9.17) is 27.9 Å². The van der Waals surface area contributed by atoms with E-state index in [9.17, 15) is 9.59 Å². The van der Waals surface area contributed by atoms with E-state index in [2.05, 4.69) is 10.3 Å². The number of benzene rings is 1. The number of halogens is 2. The Bertz CT molecular complexity index is 668. The minimum atomic E-state index is -0.915. The molecule has 0 aliphatic rings. The Balaban J connectivity index is 1.84. The monoisotopic (exact) mass is 340 g/mol. The highest BCUT2D eigenvalue weighted by molar-refractivity contribution is 6.31. The first kappa shape index (κ1) is 16.4. The van der Waals surface area contributed by atoms with Gasteiger partial charge in [0.05, 0.1) is 5.02 Å². The fraction of sp³-hybridized carbons (Fsp3) is 0.200. The van der Waals surface area contributed by atoms with Crippen molar-refractivity contribution in [2.24, 2.45) is 0 Å². The van der Waals surface area contributed by atoms with Crippen LogP contribution < -0.4 is 5.32 Å². The Morgan fingerprint density at radius 3 is 2.50 bits per heavy atom. The van der Waals surface area contributed by atoms with Crippen molar-refractivity contribution in [1.82, 2.24) is 10.3 Å². The van der Waals surface area contributed by atoms with Gasteiger partial charge in [0.1, 0.15) is 5.69 Å². The first-order valence-electron chi connectivity index (χ1n) is 6.53. The Kier molecular flexibility index (Phi) is 5.46. The number of carbonyl (C=O) groups is 2. The summed E-state index contributed by atoms with van der Waals surface area (Å²) in [6.45, 7) is 1.83. The molecule has 116 valence electrons. The summed E-state index contributed by atoms with van der Waals surface area (Å²) in [5, 5.41) is 3.71. The van der Waals surface area contributed by atoms with Gasteiger partial charge in [0, 0.05) is 17.8 Å². The topological polar surface area (TPSA) is 71.2 Å². The molecule has 22 heavy (non-hydrogen) atoms. The van der Waals surface area contributed by atoms with Gasteiger partial charge in [-0.1, -0.05) is 35.3 Å². The van der Waals surface area contributed by atoms with E-state index in [1.165, 1.54) is 19.2 Å². The number of hydrogen-bond donors (Lipinski definition) is 2. The number of aromatic amines is 1. The van der Waals surface area contributed by atoms with Crippen LogP contribution in [-0.2, 0) is 16.1 Å². The maximum atomic E-state index is 11.9. The molecule has 1 aromatic carbocycles. The number of rotatable bonds is 5. The number of nitrogens with one attached hydrogen (secondary N) is 2. The maximum absolute atomic E-state index is 11.9. The molecule has 2 N–H and O–H groups in total. The molecule has 0 saturated heterocycles. The van der Waals surface area contributed by atoms with Crippen molar-refractivity contribution in [3.8, 4) is 0 Å². The summed E-state index contributed by atoms with van der Waals surface area (Å²) in [5.74, 6) is -1.03. The van der Waals surface area contributed by atoms with Crippen LogP contribution in [0.5, 0.6) is 0 Å². The molecule has 1 amide bonds. The predicted octanol–water partition coefficient (Wildman–Crippen LogP) is 3.18. The van der Waals surface area contributed by atoms with Gasteiger partial charge >= 0.3 is 5.97 Å². The van der Waals surface area contributed by atoms with E-state index in [1.807, 2.05) is 0 Å². The number of amides is 1. The second kappa shape index (κ2) is 7.33. The van der Waals surface area contributed by atoms with E-state index in [1.54, 1.807) is 24.3 Å². The Morgan fingerprint density at radius 1 is 1.23 bits per heavy atom. The highest BCUT2D eigenvalue weighted by Crippen LogP contribution is 2.12. The van der Waals surface area contributed by atoms with Crippen molar-refractivity contribution >= 4 is 35.1 Å². The number of ether oxygens (including phenoxy) is 1. The Labute approximate surface area is 137 Å². The van der Waals surface area contributed by atoms with Crippen molar-refractivity contribution in [2.45, 2.75) is 19.6 Å². The molecule has 1 heterocycles. The SMILES string of the molecule is CC(OC(=O)c1cc(Cl)c[nH]1)C(=O)NCc1ccc(Cl)cc1. The van der Waals surface area contributed by atoms with Crippen LogP contribution in [0.3, 0.4) is 0 Å². The van der Waals surface area contributed by atoms with Crippen LogP contribution in [0.1, 0.15) is 23.0 Å². The fourth-order valence-corrected chi connectivity index (χ4v) is 1.99. The van der Waals surface area contributed by atoms with Gasteiger partial charge in [-0.2, -0.15) is 0 Å². The summed E-state index contributed by atoms with van der Waals surface area (Å²) in [6.07, 6.45) is 0.547. The molecule has 0 saturated carbocycles. The molecule has 2 aromatic rings.